The molecule has 0 fully saturated rings. The van der Waals surface area contributed by atoms with Crippen LogP contribution in [0.15, 0.2) is 103 Å². The summed E-state index contributed by atoms with van der Waals surface area (Å²) >= 11 is 0. The largest absolute Gasteiger partial charge is 0.464 e. The molecule has 5 nitrogen and oxygen atoms in total. The van der Waals surface area contributed by atoms with Gasteiger partial charge in [-0.25, -0.2) is 14.6 Å². The minimum atomic E-state index is -2.22. The molecule has 0 saturated heterocycles. The topological polar surface area (TPSA) is 65.5 Å². The fraction of sp³-hybridized carbons (Fsp3) is 0.107. The first-order valence-corrected chi connectivity index (χ1v) is 12.8. The molecule has 0 amide bonds. The van der Waals surface area contributed by atoms with Crippen molar-refractivity contribution < 1.29 is 19.1 Å². The lowest BCUT2D eigenvalue weighted by Crippen LogP contribution is -2.32. The van der Waals surface area contributed by atoms with Crippen LogP contribution in [0.5, 0.6) is 0 Å². The Morgan fingerprint density at radius 1 is 0.647 bits per heavy atom. The summed E-state index contributed by atoms with van der Waals surface area (Å²) < 4.78 is 9.80. The van der Waals surface area contributed by atoms with Gasteiger partial charge in [-0.15, -0.1) is 0 Å². The van der Waals surface area contributed by atoms with Crippen LogP contribution >= 0.6 is 7.26 Å². The zero-order valence-electron chi connectivity index (χ0n) is 19.0. The molecular weight excluding hydrogens is 445 g/mol. The number of pyridine rings is 1. The highest BCUT2D eigenvalue weighted by molar-refractivity contribution is 7.95. The lowest BCUT2D eigenvalue weighted by Gasteiger charge is -2.28. The van der Waals surface area contributed by atoms with Gasteiger partial charge in [0.1, 0.15) is 34.6 Å². The fourth-order valence-corrected chi connectivity index (χ4v) is 8.35. The lowest BCUT2D eigenvalue weighted by atomic mass is 10.2. The molecule has 170 valence electrons. The number of hydrogen-bond acceptors (Lipinski definition) is 5. The monoisotopic (exact) mass is 470 g/mol. The second kappa shape index (κ2) is 10.4. The standard InChI is InChI=1S/C28H25NO4P/c1-32-27(30)25-18-21(19-26(29-25)28(31)33-2)20-34(22-12-6-3-7-13-22,23-14-8-4-9-15-23)24-16-10-5-11-17-24/h3-19H,20H2,1-2H3/q+1. The summed E-state index contributed by atoms with van der Waals surface area (Å²) in [7, 11) is 0.366. The first-order valence-electron chi connectivity index (χ1n) is 10.8. The van der Waals surface area contributed by atoms with Crippen molar-refractivity contribution in [1.82, 2.24) is 4.98 Å². The Morgan fingerprint density at radius 2 is 1.00 bits per heavy atom. The maximum Gasteiger partial charge on any atom is 0.356 e. The molecule has 0 bridgehead atoms. The van der Waals surface area contributed by atoms with Crippen LogP contribution in [0, 0.1) is 0 Å². The van der Waals surface area contributed by atoms with E-state index in [1.165, 1.54) is 30.1 Å². The lowest BCUT2D eigenvalue weighted by molar-refractivity contribution is 0.0585. The predicted molar refractivity (Wildman–Crippen MR) is 136 cm³/mol. The van der Waals surface area contributed by atoms with Crippen molar-refractivity contribution in [1.29, 1.82) is 0 Å². The van der Waals surface area contributed by atoms with Crippen LogP contribution in [0.3, 0.4) is 0 Å². The third kappa shape index (κ3) is 4.61. The quantitative estimate of drug-likeness (QED) is 0.300. The average molecular weight is 470 g/mol. The van der Waals surface area contributed by atoms with Gasteiger partial charge in [0.15, 0.2) is 0 Å². The Labute approximate surface area is 199 Å². The number of ether oxygens (including phenoxy) is 2. The number of carbonyl (C=O) groups excluding carboxylic acids is 2. The molecule has 1 heterocycles. The Kier molecular flexibility index (Phi) is 7.15. The van der Waals surface area contributed by atoms with Crippen molar-refractivity contribution in [3.63, 3.8) is 0 Å². The molecule has 0 spiro atoms. The van der Waals surface area contributed by atoms with Crippen LogP contribution in [0.2, 0.25) is 0 Å². The first kappa shape index (κ1) is 23.3. The summed E-state index contributed by atoms with van der Waals surface area (Å²) in [5.41, 5.74) is 0.959. The van der Waals surface area contributed by atoms with Gasteiger partial charge in [0.2, 0.25) is 0 Å². The minimum Gasteiger partial charge on any atom is -0.464 e. The summed E-state index contributed by atoms with van der Waals surface area (Å²) in [5.74, 6) is -1.20. The van der Waals surface area contributed by atoms with E-state index in [2.05, 4.69) is 41.4 Å². The van der Waals surface area contributed by atoms with E-state index in [1.807, 2.05) is 54.6 Å². The van der Waals surface area contributed by atoms with Gasteiger partial charge in [0, 0.05) is 0 Å². The Morgan fingerprint density at radius 3 is 1.32 bits per heavy atom. The van der Waals surface area contributed by atoms with Crippen LogP contribution in [0.1, 0.15) is 26.5 Å². The van der Waals surface area contributed by atoms with E-state index in [9.17, 15) is 9.59 Å². The van der Waals surface area contributed by atoms with Crippen LogP contribution < -0.4 is 15.9 Å². The molecule has 0 N–H and O–H groups in total. The summed E-state index contributed by atoms with van der Waals surface area (Å²) in [6.07, 6.45) is 0.585. The van der Waals surface area contributed by atoms with E-state index in [0.717, 1.165) is 5.56 Å². The van der Waals surface area contributed by atoms with E-state index < -0.39 is 19.2 Å². The SMILES string of the molecule is COC(=O)c1cc(C[P+](c2ccccc2)(c2ccccc2)c2ccccc2)cc(C(=O)OC)n1. The second-order valence-corrected chi connectivity index (χ2v) is 11.2. The molecule has 34 heavy (non-hydrogen) atoms. The van der Waals surface area contributed by atoms with Gasteiger partial charge in [0.05, 0.1) is 20.4 Å². The van der Waals surface area contributed by atoms with E-state index in [4.69, 9.17) is 9.47 Å². The maximum atomic E-state index is 12.4. The number of aromatic nitrogens is 1. The van der Waals surface area contributed by atoms with E-state index in [0.29, 0.717) is 6.16 Å². The van der Waals surface area contributed by atoms with Gasteiger partial charge >= 0.3 is 11.9 Å². The molecule has 1 aromatic heterocycles. The smallest absolute Gasteiger partial charge is 0.356 e. The molecule has 6 heteroatoms. The molecule has 0 aliphatic carbocycles. The van der Waals surface area contributed by atoms with Crippen LogP contribution in [0.25, 0.3) is 0 Å². The first-order chi connectivity index (χ1) is 16.6. The van der Waals surface area contributed by atoms with Crippen molar-refractivity contribution in [2.75, 3.05) is 14.2 Å². The highest BCUT2D eigenvalue weighted by Crippen LogP contribution is 2.58. The normalized spacial score (nSPS) is 11.0. The van der Waals surface area contributed by atoms with Gasteiger partial charge in [-0.05, 0) is 54.1 Å². The molecule has 0 saturated carbocycles. The molecule has 4 rings (SSSR count). The fourth-order valence-electron chi connectivity index (χ4n) is 4.14. The molecule has 0 aliphatic heterocycles. The van der Waals surface area contributed by atoms with Gasteiger partial charge in [-0.2, -0.15) is 0 Å². The number of benzene rings is 3. The second-order valence-electron chi connectivity index (χ2n) is 7.70. The number of hydrogen-bond donors (Lipinski definition) is 0. The molecule has 0 atom stereocenters. The van der Waals surface area contributed by atoms with Crippen molar-refractivity contribution in [3.05, 3.63) is 120 Å². The molecule has 3 aromatic carbocycles. The minimum absolute atomic E-state index is 0.0766. The maximum absolute atomic E-state index is 12.4. The third-order valence-corrected chi connectivity index (χ3v) is 10.1. The van der Waals surface area contributed by atoms with Crippen molar-refractivity contribution in [3.8, 4) is 0 Å². The van der Waals surface area contributed by atoms with Gasteiger partial charge in [-0.3, -0.25) is 0 Å². The van der Waals surface area contributed by atoms with Crippen molar-refractivity contribution in [2.24, 2.45) is 0 Å². The predicted octanol–water partition coefficient (Wildman–Crippen LogP) is 4.15. The van der Waals surface area contributed by atoms with E-state index >= 15 is 0 Å². The highest BCUT2D eigenvalue weighted by Gasteiger charge is 2.45. The van der Waals surface area contributed by atoms with Crippen LogP contribution in [-0.4, -0.2) is 31.1 Å². The number of carbonyl (C=O) groups is 2. The van der Waals surface area contributed by atoms with Crippen LogP contribution in [0.4, 0.5) is 0 Å². The number of esters is 2. The molecule has 0 aliphatic rings. The molecule has 0 radical (unpaired) electrons. The van der Waals surface area contributed by atoms with Gasteiger partial charge < -0.3 is 9.47 Å². The van der Waals surface area contributed by atoms with Crippen molar-refractivity contribution in [2.45, 2.75) is 6.16 Å². The summed E-state index contributed by atoms with van der Waals surface area (Å²) in [6.45, 7) is 0. The van der Waals surface area contributed by atoms with Gasteiger partial charge in [0.25, 0.3) is 0 Å². The summed E-state index contributed by atoms with van der Waals surface area (Å²) in [6, 6.07) is 34.6. The Balaban J connectivity index is 1.99. The van der Waals surface area contributed by atoms with E-state index in [1.54, 1.807) is 12.1 Å². The average Bonchev–Trinajstić information content (AvgIpc) is 2.92. The zero-order chi connectivity index (χ0) is 24.0. The summed E-state index contributed by atoms with van der Waals surface area (Å²) in [5, 5.41) is 3.59. The molecule has 4 aromatic rings. The molecular formula is C28H25NO4P+. The number of rotatable bonds is 7. The van der Waals surface area contributed by atoms with Gasteiger partial charge in [-0.1, -0.05) is 54.6 Å². The number of methoxy groups -OCH3 is 2. The third-order valence-electron chi connectivity index (χ3n) is 5.68. The van der Waals surface area contributed by atoms with Crippen LogP contribution in [-0.2, 0) is 15.6 Å². The Hall–Kier alpha value is -3.82. The summed E-state index contributed by atoms with van der Waals surface area (Å²) in [4.78, 5) is 28.9. The highest BCUT2D eigenvalue weighted by atomic mass is 31.2. The zero-order valence-corrected chi connectivity index (χ0v) is 19.9. The van der Waals surface area contributed by atoms with E-state index in [-0.39, 0.29) is 11.4 Å². The Bertz CT molecular complexity index is 1150. The molecule has 0 unspecified atom stereocenters. The number of nitrogens with zero attached hydrogens (tertiary/aromatic N) is 1. The van der Waals surface area contributed by atoms with Crippen molar-refractivity contribution >= 4 is 35.1 Å².